The summed E-state index contributed by atoms with van der Waals surface area (Å²) in [6.45, 7) is 6.12. The number of benzene rings is 2. The topological polar surface area (TPSA) is 65.6 Å². The number of hydrogen-bond donors (Lipinski definition) is 3. The molecule has 0 saturated carbocycles. The molecular weight excluding hydrogens is 335 g/mol. The maximum atomic E-state index is 13.4. The highest BCUT2D eigenvalue weighted by Gasteiger charge is 2.12. The largest absolute Gasteiger partial charge is 0.492 e. The van der Waals surface area contributed by atoms with E-state index in [1.165, 1.54) is 18.2 Å². The Bertz CT molecular complexity index is 746. The fourth-order valence-corrected chi connectivity index (χ4v) is 2.84. The van der Waals surface area contributed by atoms with E-state index >= 15 is 0 Å². The van der Waals surface area contributed by atoms with Crippen LogP contribution in [0.3, 0.4) is 0 Å². The molecule has 2 aromatic carbocycles. The van der Waals surface area contributed by atoms with Gasteiger partial charge in [-0.05, 0) is 43.3 Å². The number of ether oxygens (including phenoxy) is 1. The van der Waals surface area contributed by atoms with Gasteiger partial charge in [-0.15, -0.1) is 0 Å². The number of amides is 2. The van der Waals surface area contributed by atoms with Gasteiger partial charge in [-0.25, -0.2) is 9.18 Å². The molecule has 1 aliphatic rings. The van der Waals surface area contributed by atoms with E-state index in [1.54, 1.807) is 0 Å². The van der Waals surface area contributed by atoms with Gasteiger partial charge in [-0.1, -0.05) is 0 Å². The number of halogens is 1. The normalized spacial score (nSPS) is 14.0. The van der Waals surface area contributed by atoms with Crippen molar-refractivity contribution in [3.63, 3.8) is 0 Å². The van der Waals surface area contributed by atoms with Gasteiger partial charge in [0.25, 0.3) is 0 Å². The smallest absolute Gasteiger partial charge is 0.323 e. The van der Waals surface area contributed by atoms with E-state index in [4.69, 9.17) is 4.74 Å². The van der Waals surface area contributed by atoms with Crippen LogP contribution in [0.1, 0.15) is 6.92 Å². The Morgan fingerprint density at radius 2 is 1.88 bits per heavy atom. The highest BCUT2D eigenvalue weighted by molar-refractivity contribution is 6.00. The molecule has 3 N–H and O–H groups in total. The van der Waals surface area contributed by atoms with Crippen LogP contribution >= 0.6 is 0 Å². The summed E-state index contributed by atoms with van der Waals surface area (Å²) in [6, 6.07) is 11.2. The van der Waals surface area contributed by atoms with Gasteiger partial charge in [-0.3, -0.25) is 0 Å². The highest BCUT2D eigenvalue weighted by atomic mass is 19.1. The average Bonchev–Trinajstić information content (AvgIpc) is 2.65. The maximum Gasteiger partial charge on any atom is 0.323 e. The molecule has 0 aromatic heterocycles. The number of nitrogens with one attached hydrogen (secondary N) is 3. The predicted molar refractivity (Wildman–Crippen MR) is 102 cm³/mol. The number of hydrogen-bond acceptors (Lipinski definition) is 4. The van der Waals surface area contributed by atoms with Crippen molar-refractivity contribution in [3.8, 4) is 5.75 Å². The van der Waals surface area contributed by atoms with Crippen molar-refractivity contribution >= 4 is 23.1 Å². The SMILES string of the molecule is CCOc1ccc(F)cc1NC(=O)Nc1ccc(N2CCNCC2)cc1. The molecule has 1 fully saturated rings. The van der Waals surface area contributed by atoms with Crippen LogP contribution in [-0.4, -0.2) is 38.8 Å². The van der Waals surface area contributed by atoms with Crippen molar-refractivity contribution in [1.29, 1.82) is 0 Å². The number of piperazine rings is 1. The summed E-state index contributed by atoms with van der Waals surface area (Å²) in [5.74, 6) is -0.0118. The van der Waals surface area contributed by atoms with Crippen molar-refractivity contribution < 1.29 is 13.9 Å². The first-order valence-corrected chi connectivity index (χ1v) is 8.72. The van der Waals surface area contributed by atoms with Crippen LogP contribution in [0.5, 0.6) is 5.75 Å². The van der Waals surface area contributed by atoms with E-state index in [9.17, 15) is 9.18 Å². The number of carbonyl (C=O) groups excluding carboxylic acids is 1. The Morgan fingerprint density at radius 1 is 1.15 bits per heavy atom. The Kier molecular flexibility index (Phi) is 5.91. The van der Waals surface area contributed by atoms with Crippen LogP contribution in [0.4, 0.5) is 26.2 Å². The van der Waals surface area contributed by atoms with Crippen molar-refractivity contribution in [2.45, 2.75) is 6.92 Å². The van der Waals surface area contributed by atoms with Crippen molar-refractivity contribution in [3.05, 3.63) is 48.3 Å². The lowest BCUT2D eigenvalue weighted by Gasteiger charge is -2.29. The molecule has 6 nitrogen and oxygen atoms in total. The quantitative estimate of drug-likeness (QED) is 0.767. The lowest BCUT2D eigenvalue weighted by atomic mass is 10.2. The van der Waals surface area contributed by atoms with Crippen LogP contribution < -0.4 is 25.6 Å². The van der Waals surface area contributed by atoms with Gasteiger partial charge in [0, 0.05) is 43.6 Å². The molecule has 1 saturated heterocycles. The number of nitrogens with zero attached hydrogens (tertiary/aromatic N) is 1. The van der Waals surface area contributed by atoms with Crippen molar-refractivity contribution in [2.24, 2.45) is 0 Å². The van der Waals surface area contributed by atoms with Gasteiger partial charge in [0.05, 0.1) is 12.3 Å². The third kappa shape index (κ3) is 4.64. The summed E-state index contributed by atoms with van der Waals surface area (Å²) in [4.78, 5) is 14.5. The van der Waals surface area contributed by atoms with Gasteiger partial charge in [0.2, 0.25) is 0 Å². The molecule has 3 rings (SSSR count). The van der Waals surface area contributed by atoms with Crippen LogP contribution in [0, 0.1) is 5.82 Å². The van der Waals surface area contributed by atoms with Crippen LogP contribution in [0.2, 0.25) is 0 Å². The first-order chi connectivity index (χ1) is 12.7. The first kappa shape index (κ1) is 18.0. The van der Waals surface area contributed by atoms with E-state index in [0.717, 1.165) is 31.9 Å². The molecular formula is C19H23FN4O2. The molecule has 26 heavy (non-hydrogen) atoms. The molecule has 2 amide bonds. The third-order valence-electron chi connectivity index (χ3n) is 4.10. The Labute approximate surface area is 152 Å². The van der Waals surface area contributed by atoms with Crippen molar-refractivity contribution in [1.82, 2.24) is 5.32 Å². The average molecular weight is 358 g/mol. The van der Waals surface area contributed by atoms with E-state index in [1.807, 2.05) is 31.2 Å². The summed E-state index contributed by atoms with van der Waals surface area (Å²) in [7, 11) is 0. The Hall–Kier alpha value is -2.80. The highest BCUT2D eigenvalue weighted by Crippen LogP contribution is 2.26. The number of rotatable bonds is 5. The zero-order valence-electron chi connectivity index (χ0n) is 14.7. The van der Waals surface area contributed by atoms with Crippen LogP contribution in [0.25, 0.3) is 0 Å². The molecule has 0 atom stereocenters. The number of anilines is 3. The van der Waals surface area contributed by atoms with Gasteiger partial charge >= 0.3 is 6.03 Å². The molecule has 1 aliphatic heterocycles. The minimum absolute atomic E-state index is 0.293. The van der Waals surface area contributed by atoms with Gasteiger partial charge in [-0.2, -0.15) is 0 Å². The summed E-state index contributed by atoms with van der Waals surface area (Å²) in [5, 5.41) is 8.70. The zero-order valence-corrected chi connectivity index (χ0v) is 14.7. The lowest BCUT2D eigenvalue weighted by molar-refractivity contribution is 0.262. The first-order valence-electron chi connectivity index (χ1n) is 8.72. The molecule has 7 heteroatoms. The summed E-state index contributed by atoms with van der Waals surface area (Å²) < 4.78 is 18.9. The van der Waals surface area contributed by atoms with Crippen molar-refractivity contribution in [2.75, 3.05) is 48.3 Å². The van der Waals surface area contributed by atoms with Gasteiger partial charge in [0.15, 0.2) is 0 Å². The number of carbonyl (C=O) groups is 1. The van der Waals surface area contributed by atoms with Crippen LogP contribution in [-0.2, 0) is 0 Å². The summed E-state index contributed by atoms with van der Waals surface area (Å²) >= 11 is 0. The molecule has 1 heterocycles. The maximum absolute atomic E-state index is 13.4. The number of urea groups is 1. The second kappa shape index (κ2) is 8.53. The Morgan fingerprint density at radius 3 is 2.58 bits per heavy atom. The van der Waals surface area contributed by atoms with E-state index in [0.29, 0.717) is 23.7 Å². The van der Waals surface area contributed by atoms with Gasteiger partial charge in [0.1, 0.15) is 11.6 Å². The second-order valence-corrected chi connectivity index (χ2v) is 5.94. The molecule has 0 radical (unpaired) electrons. The van der Waals surface area contributed by atoms with E-state index < -0.39 is 11.8 Å². The Balaban J connectivity index is 1.62. The third-order valence-corrected chi connectivity index (χ3v) is 4.10. The molecule has 0 unspecified atom stereocenters. The van der Waals surface area contributed by atoms with Crippen LogP contribution in [0.15, 0.2) is 42.5 Å². The lowest BCUT2D eigenvalue weighted by Crippen LogP contribution is -2.43. The summed E-state index contributed by atoms with van der Waals surface area (Å²) in [6.07, 6.45) is 0. The van der Waals surface area contributed by atoms with E-state index in [2.05, 4.69) is 20.9 Å². The molecule has 0 bridgehead atoms. The molecule has 0 spiro atoms. The fraction of sp³-hybridized carbons (Fsp3) is 0.316. The summed E-state index contributed by atoms with van der Waals surface area (Å²) in [5.41, 5.74) is 2.08. The zero-order chi connectivity index (χ0) is 18.4. The minimum atomic E-state index is -0.452. The fourth-order valence-electron chi connectivity index (χ4n) is 2.84. The van der Waals surface area contributed by atoms with Gasteiger partial charge < -0.3 is 25.6 Å². The second-order valence-electron chi connectivity index (χ2n) is 5.94. The molecule has 0 aliphatic carbocycles. The minimum Gasteiger partial charge on any atom is -0.492 e. The monoisotopic (exact) mass is 358 g/mol. The predicted octanol–water partition coefficient (Wildman–Crippen LogP) is 3.28. The standard InChI is InChI=1S/C19H23FN4O2/c1-2-26-18-8-3-14(20)13-17(18)23-19(25)22-15-4-6-16(7-5-15)24-11-9-21-10-12-24/h3-8,13,21H,2,9-12H2,1H3,(H2,22,23,25). The van der Waals surface area contributed by atoms with E-state index in [-0.39, 0.29) is 0 Å². The molecule has 2 aromatic rings. The molecule has 138 valence electrons.